The molecule has 0 aliphatic carbocycles. The number of nitrogens with zero attached hydrogens (tertiary/aromatic N) is 2. The van der Waals surface area contributed by atoms with Crippen LogP contribution in [-0.4, -0.2) is 19.4 Å². The third-order valence-electron chi connectivity index (χ3n) is 4.68. The maximum Gasteiger partial charge on any atom is 0.326 e. The van der Waals surface area contributed by atoms with Crippen LogP contribution in [0, 0.1) is 11.3 Å². The number of nitrogens with two attached hydrogens (primary N) is 1. The smallest absolute Gasteiger partial charge is 0.326 e. The molecule has 0 saturated heterocycles. The summed E-state index contributed by atoms with van der Waals surface area (Å²) in [5.41, 5.74) is 7.49. The second-order valence-corrected chi connectivity index (χ2v) is 9.45. The van der Waals surface area contributed by atoms with Crippen LogP contribution in [0.25, 0.3) is 27.6 Å². The Morgan fingerprint density at radius 2 is 1.79 bits per heavy atom. The first kappa shape index (κ1) is 22.0. The molecule has 0 spiro atoms. The molecule has 0 atom stereocenters. The van der Waals surface area contributed by atoms with E-state index >= 15 is 0 Å². The van der Waals surface area contributed by atoms with E-state index in [0.717, 1.165) is 22.0 Å². The molecule has 0 aliphatic rings. The van der Waals surface area contributed by atoms with Gasteiger partial charge in [0, 0.05) is 22.8 Å². The van der Waals surface area contributed by atoms with Crippen molar-refractivity contribution in [2.75, 3.05) is 5.32 Å². The zero-order valence-electron chi connectivity index (χ0n) is 17.0. The molecule has 0 bridgehead atoms. The number of amides is 2. The van der Waals surface area contributed by atoms with E-state index in [1.807, 2.05) is 41.8 Å². The van der Waals surface area contributed by atoms with Gasteiger partial charge in [-0.15, -0.1) is 11.3 Å². The van der Waals surface area contributed by atoms with Crippen molar-refractivity contribution in [3.63, 3.8) is 0 Å². The zero-order chi connectivity index (χ0) is 23.4. The number of primary amides is 1. The Morgan fingerprint density at radius 3 is 2.48 bits per heavy atom. The summed E-state index contributed by atoms with van der Waals surface area (Å²) in [6.07, 6.45) is 1.51. The fourth-order valence-corrected chi connectivity index (χ4v) is 4.77. The Labute approximate surface area is 194 Å². The summed E-state index contributed by atoms with van der Waals surface area (Å²) in [6.45, 7) is 0. The molecule has 0 fully saturated rings. The van der Waals surface area contributed by atoms with Crippen LogP contribution in [0.3, 0.4) is 0 Å². The Kier molecular flexibility index (Phi) is 6.08. The van der Waals surface area contributed by atoms with Crippen LogP contribution in [0.15, 0.2) is 83.2 Å². The molecule has 2 amide bonds. The molecule has 1 heterocycles. The summed E-state index contributed by atoms with van der Waals surface area (Å²) >= 11 is 1.36. The zero-order valence-corrected chi connectivity index (χ0v) is 18.7. The summed E-state index contributed by atoms with van der Waals surface area (Å²) in [4.78, 5) is 15.3. The van der Waals surface area contributed by atoms with Crippen molar-refractivity contribution in [2.45, 2.75) is 4.90 Å². The lowest BCUT2D eigenvalue weighted by Gasteiger charge is -2.06. The lowest BCUT2D eigenvalue weighted by atomic mass is 10.1. The Hall–Kier alpha value is -4.20. The van der Waals surface area contributed by atoms with Crippen LogP contribution in [0.1, 0.15) is 5.01 Å². The van der Waals surface area contributed by atoms with Crippen molar-refractivity contribution in [2.24, 2.45) is 5.73 Å². The number of sulfonamides is 1. The summed E-state index contributed by atoms with van der Waals surface area (Å²) in [6, 6.07) is 20.8. The molecule has 4 N–H and O–H groups in total. The molecular weight excluding hydrogens is 458 g/mol. The van der Waals surface area contributed by atoms with E-state index in [9.17, 15) is 18.5 Å². The molecule has 0 saturated carbocycles. The highest BCUT2D eigenvalue weighted by Gasteiger charge is 2.15. The molecular formula is C23H17N5O3S2. The number of urea groups is 1. The first-order chi connectivity index (χ1) is 15.9. The number of rotatable bonds is 6. The van der Waals surface area contributed by atoms with Gasteiger partial charge in [-0.1, -0.05) is 36.4 Å². The fourth-order valence-electron chi connectivity index (χ4n) is 3.10. The summed E-state index contributed by atoms with van der Waals surface area (Å²) in [5.74, 6) is 0. The van der Waals surface area contributed by atoms with Crippen molar-refractivity contribution >= 4 is 49.4 Å². The number of allylic oxidation sites excluding steroid dienone is 1. The van der Waals surface area contributed by atoms with Crippen molar-refractivity contribution in [3.05, 3.63) is 83.3 Å². The number of aromatic nitrogens is 1. The Morgan fingerprint density at radius 1 is 1.06 bits per heavy atom. The van der Waals surface area contributed by atoms with Crippen LogP contribution in [-0.2, 0) is 10.0 Å². The van der Waals surface area contributed by atoms with Crippen molar-refractivity contribution in [3.8, 4) is 17.3 Å². The van der Waals surface area contributed by atoms with Crippen LogP contribution in [0.4, 0.5) is 10.5 Å². The van der Waals surface area contributed by atoms with E-state index in [1.54, 1.807) is 4.72 Å². The molecule has 0 aliphatic heterocycles. The van der Waals surface area contributed by atoms with Gasteiger partial charge in [0.15, 0.2) is 0 Å². The molecule has 10 heteroatoms. The van der Waals surface area contributed by atoms with Crippen LogP contribution in [0.5, 0.6) is 0 Å². The van der Waals surface area contributed by atoms with Crippen LogP contribution in [0.2, 0.25) is 0 Å². The minimum atomic E-state index is -4.02. The largest absolute Gasteiger partial charge is 0.360 e. The highest BCUT2D eigenvalue weighted by Crippen LogP contribution is 2.28. The first-order valence-corrected chi connectivity index (χ1v) is 12.0. The standard InChI is InChI=1S/C23H17N5O3S2/c24-12-18(13-26-19-7-9-20(10-8-19)33(30,31)28-23(25)29)22-27-21(14-32-22)17-6-5-15-3-1-2-4-16(15)11-17/h1-11,13-14,26H,(H3,25,28,29)/b18-13-. The number of hydrogen-bond acceptors (Lipinski definition) is 7. The van der Waals surface area contributed by atoms with Gasteiger partial charge in [-0.2, -0.15) is 5.26 Å². The fraction of sp³-hybridized carbons (Fsp3) is 0. The van der Waals surface area contributed by atoms with Crippen molar-refractivity contribution < 1.29 is 13.2 Å². The molecule has 8 nitrogen and oxygen atoms in total. The quantitative estimate of drug-likeness (QED) is 0.356. The van der Waals surface area contributed by atoms with E-state index in [2.05, 4.69) is 22.4 Å². The number of benzene rings is 3. The number of thiazole rings is 1. The third-order valence-corrected chi connectivity index (χ3v) is 6.92. The van der Waals surface area contributed by atoms with Gasteiger partial charge < -0.3 is 11.1 Å². The average molecular weight is 476 g/mol. The highest BCUT2D eigenvalue weighted by atomic mass is 32.2. The van der Waals surface area contributed by atoms with E-state index in [-0.39, 0.29) is 4.90 Å². The van der Waals surface area contributed by atoms with Gasteiger partial charge in [-0.25, -0.2) is 22.9 Å². The molecule has 164 valence electrons. The summed E-state index contributed by atoms with van der Waals surface area (Å²) in [7, 11) is -4.02. The molecule has 0 unspecified atom stereocenters. The third kappa shape index (κ3) is 5.01. The van der Waals surface area contributed by atoms with Crippen molar-refractivity contribution in [1.29, 1.82) is 5.26 Å². The van der Waals surface area contributed by atoms with Gasteiger partial charge in [-0.3, -0.25) is 0 Å². The number of carbonyl (C=O) groups is 1. The number of nitrogens with one attached hydrogen (secondary N) is 2. The second kappa shape index (κ2) is 9.12. The second-order valence-electron chi connectivity index (χ2n) is 6.91. The van der Waals surface area contributed by atoms with E-state index < -0.39 is 16.1 Å². The van der Waals surface area contributed by atoms with Gasteiger partial charge in [-0.05, 0) is 41.1 Å². The maximum absolute atomic E-state index is 11.9. The molecule has 0 radical (unpaired) electrons. The predicted molar refractivity (Wildman–Crippen MR) is 129 cm³/mol. The number of anilines is 1. The number of carbonyl (C=O) groups excluding carboxylic acids is 1. The van der Waals surface area contributed by atoms with Gasteiger partial charge >= 0.3 is 6.03 Å². The normalized spacial score (nSPS) is 11.7. The average Bonchev–Trinajstić information content (AvgIpc) is 3.29. The number of nitriles is 1. The van der Waals surface area contributed by atoms with Crippen molar-refractivity contribution in [1.82, 2.24) is 9.71 Å². The van der Waals surface area contributed by atoms with E-state index in [4.69, 9.17) is 5.73 Å². The maximum atomic E-state index is 11.9. The molecule has 33 heavy (non-hydrogen) atoms. The summed E-state index contributed by atoms with van der Waals surface area (Å²) in [5, 5.41) is 17.3. The molecule has 3 aromatic carbocycles. The highest BCUT2D eigenvalue weighted by molar-refractivity contribution is 7.90. The van der Waals surface area contributed by atoms with Crippen LogP contribution >= 0.6 is 11.3 Å². The Balaban J connectivity index is 1.52. The topological polar surface area (TPSA) is 138 Å². The monoisotopic (exact) mass is 475 g/mol. The minimum absolute atomic E-state index is 0.115. The van der Waals surface area contributed by atoms with Crippen LogP contribution < -0.4 is 15.8 Å². The Bertz CT molecular complexity index is 1520. The van der Waals surface area contributed by atoms with Gasteiger partial charge in [0.1, 0.15) is 16.6 Å². The lowest BCUT2D eigenvalue weighted by Crippen LogP contribution is -2.34. The predicted octanol–water partition coefficient (Wildman–Crippen LogP) is 4.30. The first-order valence-electron chi connectivity index (χ1n) is 9.60. The molecule has 1 aromatic heterocycles. The minimum Gasteiger partial charge on any atom is -0.360 e. The molecule has 4 aromatic rings. The lowest BCUT2D eigenvalue weighted by molar-refractivity contribution is 0.253. The van der Waals surface area contributed by atoms with Gasteiger partial charge in [0.2, 0.25) is 0 Å². The summed E-state index contributed by atoms with van der Waals surface area (Å²) < 4.78 is 25.6. The number of fused-ring (bicyclic) bond motifs is 1. The van der Waals surface area contributed by atoms with E-state index in [1.165, 1.54) is 41.8 Å². The van der Waals surface area contributed by atoms with E-state index in [0.29, 0.717) is 16.3 Å². The number of hydrogen-bond donors (Lipinski definition) is 3. The van der Waals surface area contributed by atoms with Gasteiger partial charge in [0.25, 0.3) is 10.0 Å². The SMILES string of the molecule is N#C/C(=C/Nc1ccc(S(=O)(=O)NC(N)=O)cc1)c1nc(-c2ccc3ccccc3c2)cs1. The molecule has 4 rings (SSSR count). The van der Waals surface area contributed by atoms with Gasteiger partial charge in [0.05, 0.1) is 10.6 Å².